The summed E-state index contributed by atoms with van der Waals surface area (Å²) in [6.07, 6.45) is 7.52. The van der Waals surface area contributed by atoms with Crippen LogP contribution in [0.3, 0.4) is 0 Å². The molecule has 68 valence electrons. The standard InChI is InChI=1S/C10H16O2/c1-3-5-7-10(11)8-6-9-12-4-2/h1H,4-9H2,2H3. The molecule has 0 aliphatic carbocycles. The van der Waals surface area contributed by atoms with Gasteiger partial charge in [0.25, 0.3) is 0 Å². The third-order valence-electron chi connectivity index (χ3n) is 1.50. The molecule has 0 aliphatic rings. The predicted molar refractivity (Wildman–Crippen MR) is 48.8 cm³/mol. The molecule has 0 aromatic rings. The lowest BCUT2D eigenvalue weighted by Crippen LogP contribution is -2.00. The van der Waals surface area contributed by atoms with Gasteiger partial charge in [-0.1, -0.05) is 0 Å². The highest BCUT2D eigenvalue weighted by Crippen LogP contribution is 1.98. The highest BCUT2D eigenvalue weighted by atomic mass is 16.5. The summed E-state index contributed by atoms with van der Waals surface area (Å²) < 4.78 is 5.10. The van der Waals surface area contributed by atoms with Gasteiger partial charge in [0.15, 0.2) is 0 Å². The van der Waals surface area contributed by atoms with Crippen LogP contribution in [0.15, 0.2) is 0 Å². The SMILES string of the molecule is C#CCCC(=O)CCCOCC. The largest absolute Gasteiger partial charge is 0.382 e. The number of terminal acetylenes is 1. The molecule has 12 heavy (non-hydrogen) atoms. The van der Waals surface area contributed by atoms with E-state index in [0.717, 1.165) is 13.0 Å². The minimum absolute atomic E-state index is 0.243. The summed E-state index contributed by atoms with van der Waals surface area (Å²) in [7, 11) is 0. The molecular weight excluding hydrogens is 152 g/mol. The van der Waals surface area contributed by atoms with Crippen molar-refractivity contribution in [3.63, 3.8) is 0 Å². The van der Waals surface area contributed by atoms with Crippen molar-refractivity contribution in [1.29, 1.82) is 0 Å². The van der Waals surface area contributed by atoms with Crippen molar-refractivity contribution >= 4 is 5.78 Å². The van der Waals surface area contributed by atoms with Crippen molar-refractivity contribution in [2.75, 3.05) is 13.2 Å². The van der Waals surface area contributed by atoms with Crippen LogP contribution >= 0.6 is 0 Å². The maximum atomic E-state index is 11.0. The fraction of sp³-hybridized carbons (Fsp3) is 0.700. The highest BCUT2D eigenvalue weighted by Gasteiger charge is 1.99. The summed E-state index contributed by atoms with van der Waals surface area (Å²) in [6.45, 7) is 3.34. The topological polar surface area (TPSA) is 26.3 Å². The van der Waals surface area contributed by atoms with E-state index in [0.29, 0.717) is 25.9 Å². The predicted octanol–water partition coefficient (Wildman–Crippen LogP) is 1.79. The van der Waals surface area contributed by atoms with Crippen LogP contribution in [-0.2, 0) is 9.53 Å². The van der Waals surface area contributed by atoms with E-state index < -0.39 is 0 Å². The van der Waals surface area contributed by atoms with Crippen molar-refractivity contribution in [3.8, 4) is 12.3 Å². The molecule has 0 amide bonds. The van der Waals surface area contributed by atoms with Gasteiger partial charge in [0.1, 0.15) is 5.78 Å². The van der Waals surface area contributed by atoms with E-state index in [4.69, 9.17) is 11.2 Å². The van der Waals surface area contributed by atoms with E-state index in [9.17, 15) is 4.79 Å². The Hall–Kier alpha value is -0.810. The molecule has 0 saturated carbocycles. The second kappa shape index (κ2) is 8.29. The minimum Gasteiger partial charge on any atom is -0.382 e. The van der Waals surface area contributed by atoms with E-state index in [-0.39, 0.29) is 5.78 Å². The zero-order chi connectivity index (χ0) is 9.23. The Morgan fingerprint density at radius 1 is 1.50 bits per heavy atom. The normalized spacial score (nSPS) is 9.33. The smallest absolute Gasteiger partial charge is 0.133 e. The molecule has 0 spiro atoms. The molecule has 0 heterocycles. The molecular formula is C10H16O2. The fourth-order valence-corrected chi connectivity index (χ4v) is 0.852. The molecule has 0 saturated heterocycles. The van der Waals surface area contributed by atoms with Crippen LogP contribution in [0.4, 0.5) is 0 Å². The molecule has 0 atom stereocenters. The second-order valence-electron chi connectivity index (χ2n) is 2.54. The van der Waals surface area contributed by atoms with Crippen LogP contribution in [-0.4, -0.2) is 19.0 Å². The Morgan fingerprint density at radius 3 is 2.83 bits per heavy atom. The van der Waals surface area contributed by atoms with Crippen LogP contribution in [0, 0.1) is 12.3 Å². The van der Waals surface area contributed by atoms with E-state index >= 15 is 0 Å². The van der Waals surface area contributed by atoms with Gasteiger partial charge in [-0.2, -0.15) is 0 Å². The molecule has 0 aliphatic heterocycles. The van der Waals surface area contributed by atoms with Crippen LogP contribution in [0.25, 0.3) is 0 Å². The molecule has 0 unspecified atom stereocenters. The maximum Gasteiger partial charge on any atom is 0.133 e. The van der Waals surface area contributed by atoms with Gasteiger partial charge in [-0.25, -0.2) is 0 Å². The number of ketones is 1. The van der Waals surface area contributed by atoms with Crippen molar-refractivity contribution in [2.24, 2.45) is 0 Å². The van der Waals surface area contributed by atoms with Gasteiger partial charge < -0.3 is 4.74 Å². The third-order valence-corrected chi connectivity index (χ3v) is 1.50. The number of carbonyl (C=O) groups is 1. The number of carbonyl (C=O) groups excluding carboxylic acids is 1. The third kappa shape index (κ3) is 7.30. The van der Waals surface area contributed by atoms with Crippen LogP contribution < -0.4 is 0 Å². The fourth-order valence-electron chi connectivity index (χ4n) is 0.852. The number of rotatable bonds is 7. The van der Waals surface area contributed by atoms with E-state index in [1.165, 1.54) is 0 Å². The quantitative estimate of drug-likeness (QED) is 0.428. The van der Waals surface area contributed by atoms with Gasteiger partial charge >= 0.3 is 0 Å². The molecule has 0 bridgehead atoms. The Bertz CT molecular complexity index is 156. The second-order valence-corrected chi connectivity index (χ2v) is 2.54. The van der Waals surface area contributed by atoms with Gasteiger partial charge in [0.2, 0.25) is 0 Å². The van der Waals surface area contributed by atoms with Gasteiger partial charge in [0, 0.05) is 32.5 Å². The summed E-state index contributed by atoms with van der Waals surface area (Å²) in [5.41, 5.74) is 0. The number of hydrogen-bond acceptors (Lipinski definition) is 2. The molecule has 0 rings (SSSR count). The van der Waals surface area contributed by atoms with Crippen molar-refractivity contribution in [2.45, 2.75) is 32.6 Å². The number of Topliss-reactive ketones (excluding diaryl/α,β-unsaturated/α-hetero) is 1. The monoisotopic (exact) mass is 168 g/mol. The molecule has 0 aromatic carbocycles. The van der Waals surface area contributed by atoms with Crippen LogP contribution in [0.5, 0.6) is 0 Å². The first-order valence-corrected chi connectivity index (χ1v) is 4.34. The number of hydrogen-bond donors (Lipinski definition) is 0. The van der Waals surface area contributed by atoms with Crippen molar-refractivity contribution in [3.05, 3.63) is 0 Å². The maximum absolute atomic E-state index is 11.0. The van der Waals surface area contributed by atoms with Gasteiger partial charge in [0.05, 0.1) is 0 Å². The van der Waals surface area contributed by atoms with Gasteiger partial charge in [-0.15, -0.1) is 12.3 Å². The summed E-state index contributed by atoms with van der Waals surface area (Å²) in [5, 5.41) is 0. The van der Waals surface area contributed by atoms with Crippen LogP contribution in [0.2, 0.25) is 0 Å². The molecule has 2 heteroatoms. The summed E-state index contributed by atoms with van der Waals surface area (Å²) >= 11 is 0. The molecule has 2 nitrogen and oxygen atoms in total. The lowest BCUT2D eigenvalue weighted by molar-refractivity contribution is -0.119. The van der Waals surface area contributed by atoms with E-state index in [2.05, 4.69) is 5.92 Å². The zero-order valence-corrected chi connectivity index (χ0v) is 7.64. The zero-order valence-electron chi connectivity index (χ0n) is 7.64. The first-order chi connectivity index (χ1) is 5.81. The lowest BCUT2D eigenvalue weighted by atomic mass is 10.1. The Labute approximate surface area is 74.3 Å². The molecule has 0 fully saturated rings. The number of ether oxygens (including phenoxy) is 1. The van der Waals surface area contributed by atoms with Gasteiger partial charge in [-0.05, 0) is 13.3 Å². The summed E-state index contributed by atoms with van der Waals surface area (Å²) in [6, 6.07) is 0. The summed E-state index contributed by atoms with van der Waals surface area (Å²) in [5.74, 6) is 2.69. The van der Waals surface area contributed by atoms with Crippen LogP contribution in [0.1, 0.15) is 32.6 Å². The molecule has 0 aromatic heterocycles. The molecule has 0 radical (unpaired) electrons. The minimum atomic E-state index is 0.243. The van der Waals surface area contributed by atoms with Crippen molar-refractivity contribution < 1.29 is 9.53 Å². The first kappa shape index (κ1) is 11.2. The van der Waals surface area contributed by atoms with Gasteiger partial charge in [-0.3, -0.25) is 4.79 Å². The summed E-state index contributed by atoms with van der Waals surface area (Å²) in [4.78, 5) is 11.0. The average Bonchev–Trinajstić information content (AvgIpc) is 2.09. The lowest BCUT2D eigenvalue weighted by Gasteiger charge is -1.99. The Balaban J connectivity index is 3.15. The highest BCUT2D eigenvalue weighted by molar-refractivity contribution is 5.78. The molecule has 0 N–H and O–H groups in total. The van der Waals surface area contributed by atoms with E-state index in [1.807, 2.05) is 6.92 Å². The van der Waals surface area contributed by atoms with E-state index in [1.54, 1.807) is 0 Å². The average molecular weight is 168 g/mol. The Morgan fingerprint density at radius 2 is 2.25 bits per heavy atom. The van der Waals surface area contributed by atoms with Crippen molar-refractivity contribution in [1.82, 2.24) is 0 Å². The first-order valence-electron chi connectivity index (χ1n) is 4.34. The Kier molecular flexibility index (Phi) is 7.73.